The third-order valence-electron chi connectivity index (χ3n) is 4.39. The fraction of sp³-hybridized carbons (Fsp3) is 0.714. The molecular weight excluding hydrogens is 252 g/mol. The van der Waals surface area contributed by atoms with Crippen LogP contribution in [0, 0.1) is 0 Å². The lowest BCUT2D eigenvalue weighted by Crippen LogP contribution is -2.45. The standard InChI is InChI=1S/C14H24N6/c1-11-4-3-5-20(11)13-10-12(16-14(15)17-13)19-8-6-18(2)7-9-19/h10-11H,3-9H2,1-2H3,(H2,15,16,17)/t11-/m0/s1. The number of rotatable bonds is 2. The molecule has 2 saturated heterocycles. The first-order valence-electron chi connectivity index (χ1n) is 7.48. The topological polar surface area (TPSA) is 61.5 Å². The van der Waals surface area contributed by atoms with Crippen LogP contribution in [-0.2, 0) is 0 Å². The van der Waals surface area contributed by atoms with E-state index in [9.17, 15) is 0 Å². The molecule has 2 fully saturated rings. The molecule has 0 spiro atoms. The van der Waals surface area contributed by atoms with E-state index in [-0.39, 0.29) is 0 Å². The number of nitrogen functional groups attached to an aromatic ring is 1. The SMILES string of the molecule is C[C@H]1CCCN1c1cc(N2CCN(C)CC2)nc(N)n1. The van der Waals surface area contributed by atoms with Gasteiger partial charge >= 0.3 is 0 Å². The minimum Gasteiger partial charge on any atom is -0.368 e. The zero-order chi connectivity index (χ0) is 14.1. The summed E-state index contributed by atoms with van der Waals surface area (Å²) < 4.78 is 0. The number of nitrogens with zero attached hydrogens (tertiary/aromatic N) is 5. The summed E-state index contributed by atoms with van der Waals surface area (Å²) >= 11 is 0. The van der Waals surface area contributed by atoms with E-state index in [0.717, 1.165) is 44.4 Å². The first-order valence-corrected chi connectivity index (χ1v) is 7.48. The zero-order valence-corrected chi connectivity index (χ0v) is 12.4. The Labute approximate surface area is 120 Å². The molecule has 1 atom stereocenters. The fourth-order valence-electron chi connectivity index (χ4n) is 3.06. The molecule has 2 aliphatic heterocycles. The Morgan fingerprint density at radius 1 is 1.10 bits per heavy atom. The second kappa shape index (κ2) is 5.44. The van der Waals surface area contributed by atoms with Crippen LogP contribution in [-0.4, -0.2) is 60.7 Å². The highest BCUT2D eigenvalue weighted by molar-refractivity contribution is 5.55. The van der Waals surface area contributed by atoms with Crippen LogP contribution in [0.2, 0.25) is 0 Å². The maximum Gasteiger partial charge on any atom is 0.223 e. The minimum absolute atomic E-state index is 0.385. The van der Waals surface area contributed by atoms with Gasteiger partial charge < -0.3 is 20.4 Å². The van der Waals surface area contributed by atoms with E-state index in [1.54, 1.807) is 0 Å². The smallest absolute Gasteiger partial charge is 0.223 e. The van der Waals surface area contributed by atoms with E-state index in [4.69, 9.17) is 5.73 Å². The molecular formula is C14H24N6. The van der Waals surface area contributed by atoms with Gasteiger partial charge in [-0.25, -0.2) is 0 Å². The lowest BCUT2D eigenvalue weighted by molar-refractivity contribution is 0.312. The average molecular weight is 276 g/mol. The quantitative estimate of drug-likeness (QED) is 0.862. The summed E-state index contributed by atoms with van der Waals surface area (Å²) in [7, 11) is 2.16. The molecule has 3 rings (SSSR count). The van der Waals surface area contributed by atoms with Crippen LogP contribution in [0.5, 0.6) is 0 Å². The highest BCUT2D eigenvalue weighted by Crippen LogP contribution is 2.27. The molecule has 1 aromatic heterocycles. The number of anilines is 3. The number of hydrogen-bond acceptors (Lipinski definition) is 6. The van der Waals surface area contributed by atoms with Crippen molar-refractivity contribution in [3.8, 4) is 0 Å². The fourth-order valence-corrected chi connectivity index (χ4v) is 3.06. The van der Waals surface area contributed by atoms with Gasteiger partial charge in [-0.2, -0.15) is 9.97 Å². The lowest BCUT2D eigenvalue weighted by atomic mass is 10.2. The Morgan fingerprint density at radius 3 is 2.45 bits per heavy atom. The molecule has 6 nitrogen and oxygen atoms in total. The molecule has 6 heteroatoms. The van der Waals surface area contributed by atoms with Crippen LogP contribution >= 0.6 is 0 Å². The molecule has 110 valence electrons. The monoisotopic (exact) mass is 276 g/mol. The van der Waals surface area contributed by atoms with Crippen molar-refractivity contribution in [3.63, 3.8) is 0 Å². The van der Waals surface area contributed by atoms with Crippen molar-refractivity contribution in [2.45, 2.75) is 25.8 Å². The highest BCUT2D eigenvalue weighted by Gasteiger charge is 2.24. The van der Waals surface area contributed by atoms with Gasteiger partial charge in [-0.3, -0.25) is 0 Å². The largest absolute Gasteiger partial charge is 0.368 e. The summed E-state index contributed by atoms with van der Waals surface area (Å²) in [6, 6.07) is 2.65. The predicted octanol–water partition coefficient (Wildman–Crippen LogP) is 0.799. The maximum absolute atomic E-state index is 5.92. The molecule has 3 heterocycles. The summed E-state index contributed by atoms with van der Waals surface area (Å²) in [5, 5.41) is 0. The third kappa shape index (κ3) is 2.65. The molecule has 1 aromatic rings. The number of aromatic nitrogens is 2. The van der Waals surface area contributed by atoms with E-state index in [0.29, 0.717) is 12.0 Å². The van der Waals surface area contributed by atoms with E-state index in [1.165, 1.54) is 12.8 Å². The van der Waals surface area contributed by atoms with Gasteiger partial charge in [-0.05, 0) is 26.8 Å². The van der Waals surface area contributed by atoms with Crippen LogP contribution in [0.15, 0.2) is 6.07 Å². The maximum atomic E-state index is 5.92. The first-order chi connectivity index (χ1) is 9.63. The van der Waals surface area contributed by atoms with Gasteiger partial charge in [0.1, 0.15) is 11.6 Å². The summed E-state index contributed by atoms with van der Waals surface area (Å²) in [5.74, 6) is 2.34. The van der Waals surface area contributed by atoms with Crippen LogP contribution < -0.4 is 15.5 Å². The molecule has 0 saturated carbocycles. The van der Waals surface area contributed by atoms with Crippen molar-refractivity contribution < 1.29 is 0 Å². The Kier molecular flexibility index (Phi) is 3.65. The van der Waals surface area contributed by atoms with Crippen molar-refractivity contribution in [2.75, 3.05) is 55.3 Å². The van der Waals surface area contributed by atoms with E-state index in [1.807, 2.05) is 0 Å². The summed E-state index contributed by atoms with van der Waals surface area (Å²) in [4.78, 5) is 15.8. The van der Waals surface area contributed by atoms with Gasteiger partial charge in [0, 0.05) is 44.8 Å². The van der Waals surface area contributed by atoms with E-state index < -0.39 is 0 Å². The molecule has 0 bridgehead atoms. The van der Waals surface area contributed by atoms with Crippen LogP contribution in [0.25, 0.3) is 0 Å². The van der Waals surface area contributed by atoms with Gasteiger partial charge in [-0.15, -0.1) is 0 Å². The zero-order valence-electron chi connectivity index (χ0n) is 12.4. The Bertz CT molecular complexity index is 469. The van der Waals surface area contributed by atoms with Crippen LogP contribution in [0.1, 0.15) is 19.8 Å². The summed E-state index contributed by atoms with van der Waals surface area (Å²) in [5.41, 5.74) is 5.92. The van der Waals surface area contributed by atoms with Gasteiger partial charge in [0.05, 0.1) is 0 Å². The lowest BCUT2D eigenvalue weighted by Gasteiger charge is -2.33. The molecule has 0 radical (unpaired) electrons. The molecule has 0 amide bonds. The summed E-state index contributed by atoms with van der Waals surface area (Å²) in [6.07, 6.45) is 2.46. The normalized spacial score (nSPS) is 24.4. The Hall–Kier alpha value is -1.56. The number of likely N-dealkylation sites (N-methyl/N-ethyl adjacent to an activating group) is 1. The summed E-state index contributed by atoms with van der Waals surface area (Å²) in [6.45, 7) is 7.46. The first kappa shape index (κ1) is 13.4. The number of hydrogen-bond donors (Lipinski definition) is 1. The third-order valence-corrected chi connectivity index (χ3v) is 4.39. The Balaban J connectivity index is 1.83. The van der Waals surface area contributed by atoms with Crippen molar-refractivity contribution in [1.29, 1.82) is 0 Å². The molecule has 2 N–H and O–H groups in total. The van der Waals surface area contributed by atoms with Gasteiger partial charge in [-0.1, -0.05) is 0 Å². The minimum atomic E-state index is 0.385. The molecule has 0 aliphatic carbocycles. The van der Waals surface area contributed by atoms with Crippen LogP contribution in [0.4, 0.5) is 17.6 Å². The highest BCUT2D eigenvalue weighted by atomic mass is 15.3. The van der Waals surface area contributed by atoms with Crippen molar-refractivity contribution >= 4 is 17.6 Å². The Morgan fingerprint density at radius 2 is 1.80 bits per heavy atom. The van der Waals surface area contributed by atoms with Gasteiger partial charge in [0.15, 0.2) is 0 Å². The molecule has 0 unspecified atom stereocenters. The van der Waals surface area contributed by atoms with Crippen molar-refractivity contribution in [2.24, 2.45) is 0 Å². The van der Waals surface area contributed by atoms with Crippen molar-refractivity contribution in [1.82, 2.24) is 14.9 Å². The van der Waals surface area contributed by atoms with E-state index in [2.05, 4.69) is 44.7 Å². The molecule has 2 aliphatic rings. The van der Waals surface area contributed by atoms with Crippen LogP contribution in [0.3, 0.4) is 0 Å². The average Bonchev–Trinajstić information content (AvgIpc) is 2.85. The van der Waals surface area contributed by atoms with E-state index >= 15 is 0 Å². The molecule has 20 heavy (non-hydrogen) atoms. The number of piperazine rings is 1. The molecule has 0 aromatic carbocycles. The van der Waals surface area contributed by atoms with Gasteiger partial charge in [0.25, 0.3) is 0 Å². The van der Waals surface area contributed by atoms with Gasteiger partial charge in [0.2, 0.25) is 5.95 Å². The predicted molar refractivity (Wildman–Crippen MR) is 82.2 cm³/mol. The number of nitrogens with two attached hydrogens (primary N) is 1. The van der Waals surface area contributed by atoms with Crippen molar-refractivity contribution in [3.05, 3.63) is 6.07 Å². The second-order valence-electron chi connectivity index (χ2n) is 5.92. The second-order valence-corrected chi connectivity index (χ2v) is 5.92.